The van der Waals surface area contributed by atoms with Gasteiger partial charge in [0.2, 0.25) is 0 Å². The molecule has 1 aliphatic rings. The molecule has 88 valence electrons. The summed E-state index contributed by atoms with van der Waals surface area (Å²) in [5.74, 6) is 0. The second-order valence-corrected chi connectivity index (χ2v) is 3.06. The molecule has 0 bridgehead atoms. The van der Waals surface area contributed by atoms with Gasteiger partial charge in [0.1, 0.15) is 0 Å². The largest absolute Gasteiger partial charge is 0.385 e. The fraction of sp³-hybridized carbons (Fsp3) is 1.00. The summed E-state index contributed by atoms with van der Waals surface area (Å²) in [5.41, 5.74) is 0. The van der Waals surface area contributed by atoms with Crippen LogP contribution in [0.4, 0.5) is 0 Å². The second-order valence-electron chi connectivity index (χ2n) is 3.06. The first-order chi connectivity index (χ1) is 6.84. The summed E-state index contributed by atoms with van der Waals surface area (Å²) in [6, 6.07) is 0.792. The van der Waals surface area contributed by atoms with Gasteiger partial charge < -0.3 is 9.64 Å². The number of hydrogen-bond donors (Lipinski definition) is 0. The third-order valence-electron chi connectivity index (χ3n) is 2.33. The van der Waals surface area contributed by atoms with Crippen LogP contribution >= 0.6 is 0 Å². The second kappa shape index (κ2) is 12.9. The van der Waals surface area contributed by atoms with E-state index in [4.69, 9.17) is 4.74 Å². The van der Waals surface area contributed by atoms with Crippen LogP contribution in [0, 0.1) is 0 Å². The summed E-state index contributed by atoms with van der Waals surface area (Å²) < 4.78 is 5.03. The van der Waals surface area contributed by atoms with Crippen molar-refractivity contribution in [3.05, 3.63) is 0 Å². The fourth-order valence-electron chi connectivity index (χ4n) is 1.60. The van der Waals surface area contributed by atoms with Gasteiger partial charge in [-0.1, -0.05) is 27.7 Å². The first kappa shape index (κ1) is 16.4. The first-order valence-corrected chi connectivity index (χ1v) is 6.04. The van der Waals surface area contributed by atoms with E-state index in [1.807, 2.05) is 27.7 Å². The molecule has 0 radical (unpaired) electrons. The normalized spacial score (nSPS) is 20.6. The lowest BCUT2D eigenvalue weighted by molar-refractivity contribution is 0.163. The predicted molar refractivity (Wildman–Crippen MR) is 64.8 cm³/mol. The smallest absolute Gasteiger partial charge is 0.0477 e. The molecule has 1 fully saturated rings. The molecular weight excluding hydrogens is 174 g/mol. The van der Waals surface area contributed by atoms with Gasteiger partial charge in [0.25, 0.3) is 0 Å². The minimum atomic E-state index is 0.792. The van der Waals surface area contributed by atoms with E-state index in [9.17, 15) is 0 Å². The molecule has 2 heteroatoms. The zero-order valence-electron chi connectivity index (χ0n) is 11.0. The van der Waals surface area contributed by atoms with Crippen LogP contribution in [-0.4, -0.2) is 38.3 Å². The summed E-state index contributed by atoms with van der Waals surface area (Å²) in [5, 5.41) is 0. The van der Waals surface area contributed by atoms with Crippen LogP contribution in [0.25, 0.3) is 0 Å². The van der Waals surface area contributed by atoms with Crippen LogP contribution in [0.15, 0.2) is 0 Å². The zero-order valence-corrected chi connectivity index (χ0v) is 11.0. The lowest BCUT2D eigenvalue weighted by Gasteiger charge is -2.18. The summed E-state index contributed by atoms with van der Waals surface area (Å²) in [4.78, 5) is 2.43. The molecule has 1 saturated heterocycles. The highest BCUT2D eigenvalue weighted by Crippen LogP contribution is 2.17. The Morgan fingerprint density at radius 3 is 2.14 bits per heavy atom. The Labute approximate surface area is 90.6 Å². The van der Waals surface area contributed by atoms with E-state index in [-0.39, 0.29) is 0 Å². The Balaban J connectivity index is 0. The third-order valence-corrected chi connectivity index (χ3v) is 2.33. The van der Waals surface area contributed by atoms with Gasteiger partial charge in [-0.25, -0.2) is 0 Å². The summed E-state index contributed by atoms with van der Waals surface area (Å²) in [6.45, 7) is 10.2. The molecule has 0 aromatic carbocycles. The maximum Gasteiger partial charge on any atom is 0.0477 e. The van der Waals surface area contributed by atoms with Crippen LogP contribution in [0.5, 0.6) is 0 Å². The summed E-state index contributed by atoms with van der Waals surface area (Å²) in [6.07, 6.45) is 3.93. The first-order valence-electron chi connectivity index (χ1n) is 6.04. The van der Waals surface area contributed by atoms with Crippen LogP contribution in [0.3, 0.4) is 0 Å². The van der Waals surface area contributed by atoms with Crippen molar-refractivity contribution >= 4 is 0 Å². The highest BCUT2D eigenvalue weighted by molar-refractivity contribution is 4.75. The zero-order chi connectivity index (χ0) is 11.4. The fourth-order valence-corrected chi connectivity index (χ4v) is 1.60. The van der Waals surface area contributed by atoms with Crippen molar-refractivity contribution in [2.24, 2.45) is 0 Å². The minimum Gasteiger partial charge on any atom is -0.385 e. The van der Waals surface area contributed by atoms with Crippen LogP contribution in [0.1, 0.15) is 47.0 Å². The van der Waals surface area contributed by atoms with Crippen molar-refractivity contribution in [2.75, 3.05) is 27.3 Å². The molecule has 0 aliphatic carbocycles. The van der Waals surface area contributed by atoms with E-state index in [0.717, 1.165) is 12.6 Å². The van der Waals surface area contributed by atoms with Gasteiger partial charge in [0, 0.05) is 19.8 Å². The topological polar surface area (TPSA) is 12.5 Å². The molecule has 1 unspecified atom stereocenters. The number of rotatable bonds is 3. The minimum absolute atomic E-state index is 0.792. The number of nitrogens with zero attached hydrogens (tertiary/aromatic N) is 1. The third kappa shape index (κ3) is 7.34. The van der Waals surface area contributed by atoms with E-state index in [1.165, 1.54) is 25.8 Å². The molecule has 0 saturated carbocycles. The molecule has 14 heavy (non-hydrogen) atoms. The molecule has 1 heterocycles. The van der Waals surface area contributed by atoms with Crippen LogP contribution < -0.4 is 0 Å². The summed E-state index contributed by atoms with van der Waals surface area (Å²) in [7, 11) is 3.97. The van der Waals surface area contributed by atoms with Gasteiger partial charge in [-0.2, -0.15) is 0 Å². The molecule has 1 aliphatic heterocycles. The number of likely N-dealkylation sites (tertiary alicyclic amines) is 1. The van der Waals surface area contributed by atoms with E-state index < -0.39 is 0 Å². The Bertz CT molecular complexity index is 96.3. The molecule has 0 amide bonds. The van der Waals surface area contributed by atoms with E-state index in [0.29, 0.717) is 0 Å². The highest BCUT2D eigenvalue weighted by atomic mass is 16.5. The summed E-state index contributed by atoms with van der Waals surface area (Å²) >= 11 is 0. The maximum atomic E-state index is 5.03. The maximum absolute atomic E-state index is 5.03. The van der Waals surface area contributed by atoms with Crippen LogP contribution in [0.2, 0.25) is 0 Å². The van der Waals surface area contributed by atoms with E-state index in [2.05, 4.69) is 11.9 Å². The lowest BCUT2D eigenvalue weighted by atomic mass is 10.2. The highest BCUT2D eigenvalue weighted by Gasteiger charge is 2.19. The van der Waals surface area contributed by atoms with E-state index >= 15 is 0 Å². The van der Waals surface area contributed by atoms with Crippen molar-refractivity contribution in [1.29, 1.82) is 0 Å². The van der Waals surface area contributed by atoms with Crippen molar-refractivity contribution < 1.29 is 4.74 Å². The number of hydrogen-bond acceptors (Lipinski definition) is 2. The number of ether oxygens (including phenoxy) is 1. The van der Waals surface area contributed by atoms with Gasteiger partial charge in [-0.3, -0.25) is 0 Å². The predicted octanol–water partition coefficient (Wildman–Crippen LogP) is 3.17. The van der Waals surface area contributed by atoms with Gasteiger partial charge in [-0.15, -0.1) is 0 Å². The van der Waals surface area contributed by atoms with Crippen molar-refractivity contribution in [3.63, 3.8) is 0 Å². The number of methoxy groups -OCH3 is 1. The Kier molecular flexibility index (Phi) is 15.1. The molecule has 1 rings (SSSR count). The molecule has 0 aromatic heterocycles. The molecular formula is C12H29NO. The molecule has 0 aromatic rings. The Morgan fingerprint density at radius 2 is 1.79 bits per heavy atom. The molecule has 1 atom stereocenters. The monoisotopic (exact) mass is 203 g/mol. The Morgan fingerprint density at radius 1 is 1.21 bits per heavy atom. The standard InChI is InChI=1S/C8H17NO.2C2H6/c1-9-6-3-4-8(9)5-7-10-2;2*1-2/h8H,3-7H2,1-2H3;2*1-2H3. The van der Waals surface area contributed by atoms with Crippen LogP contribution in [-0.2, 0) is 4.74 Å². The van der Waals surface area contributed by atoms with Crippen molar-refractivity contribution in [2.45, 2.75) is 53.0 Å². The lowest BCUT2D eigenvalue weighted by Crippen LogP contribution is -2.25. The van der Waals surface area contributed by atoms with Gasteiger partial charge in [-0.05, 0) is 32.9 Å². The Hall–Kier alpha value is -0.0800. The SMILES string of the molecule is CC.CC.COCCC1CCCN1C. The quantitative estimate of drug-likeness (QED) is 0.698. The van der Waals surface area contributed by atoms with Gasteiger partial charge >= 0.3 is 0 Å². The molecule has 0 N–H and O–H groups in total. The van der Waals surface area contributed by atoms with E-state index in [1.54, 1.807) is 7.11 Å². The van der Waals surface area contributed by atoms with Crippen molar-refractivity contribution in [1.82, 2.24) is 4.90 Å². The average molecular weight is 203 g/mol. The molecule has 0 spiro atoms. The van der Waals surface area contributed by atoms with Gasteiger partial charge in [0.05, 0.1) is 0 Å². The molecule has 2 nitrogen and oxygen atoms in total. The average Bonchev–Trinajstić information content (AvgIpc) is 2.67. The van der Waals surface area contributed by atoms with Crippen molar-refractivity contribution in [3.8, 4) is 0 Å². The van der Waals surface area contributed by atoms with Gasteiger partial charge in [0.15, 0.2) is 0 Å².